The first kappa shape index (κ1) is 15.7. The van der Waals surface area contributed by atoms with Crippen molar-refractivity contribution >= 4 is 15.9 Å². The van der Waals surface area contributed by atoms with Gasteiger partial charge in [0, 0.05) is 26.2 Å². The number of nitrogens with zero attached hydrogens (tertiary/aromatic N) is 4. The summed E-state index contributed by atoms with van der Waals surface area (Å²) in [6.07, 6.45) is 0. The summed E-state index contributed by atoms with van der Waals surface area (Å²) in [5.74, 6) is 0. The van der Waals surface area contributed by atoms with Crippen LogP contribution in [0.1, 0.15) is 25.2 Å². The smallest absolute Gasteiger partial charge is 0.0739 e. The summed E-state index contributed by atoms with van der Waals surface area (Å²) in [4.78, 5) is 4.71. The molecular weight excluding hydrogens is 292 g/mol. The van der Waals surface area contributed by atoms with E-state index in [-0.39, 0.29) is 0 Å². The van der Waals surface area contributed by atoms with Crippen LogP contribution in [0.5, 0.6) is 0 Å². The number of hydrogen-bond acceptors (Lipinski definition) is 3. The van der Waals surface area contributed by atoms with E-state index in [9.17, 15) is 0 Å². The van der Waals surface area contributed by atoms with Crippen LogP contribution in [-0.2, 0) is 13.6 Å². The predicted octanol–water partition coefficient (Wildman–Crippen LogP) is 2.26. The third kappa shape index (κ3) is 3.80. The minimum Gasteiger partial charge on any atom is -0.308 e. The largest absolute Gasteiger partial charge is 0.308 e. The maximum atomic E-state index is 4.45. The number of halogens is 1. The van der Waals surface area contributed by atoms with Crippen molar-refractivity contribution in [1.82, 2.24) is 19.6 Å². The van der Waals surface area contributed by atoms with E-state index in [1.165, 1.54) is 5.69 Å². The topological polar surface area (TPSA) is 24.3 Å². The first-order chi connectivity index (χ1) is 8.36. The zero-order valence-corrected chi connectivity index (χ0v) is 14.0. The lowest BCUT2D eigenvalue weighted by Gasteiger charge is -2.30. The van der Waals surface area contributed by atoms with Gasteiger partial charge in [0.25, 0.3) is 0 Å². The van der Waals surface area contributed by atoms with E-state index in [4.69, 9.17) is 0 Å². The van der Waals surface area contributed by atoms with Gasteiger partial charge in [0.15, 0.2) is 0 Å². The van der Waals surface area contributed by atoms with E-state index < -0.39 is 0 Å². The second kappa shape index (κ2) is 6.68. The number of aromatic nitrogens is 2. The molecule has 0 aromatic carbocycles. The lowest BCUT2D eigenvalue weighted by molar-refractivity contribution is 0.170. The summed E-state index contributed by atoms with van der Waals surface area (Å²) in [6.45, 7) is 9.58. The molecule has 0 aliphatic carbocycles. The third-order valence-electron chi connectivity index (χ3n) is 3.27. The van der Waals surface area contributed by atoms with Gasteiger partial charge >= 0.3 is 0 Å². The van der Waals surface area contributed by atoms with Crippen LogP contribution in [0, 0.1) is 6.92 Å². The third-order valence-corrected chi connectivity index (χ3v) is 4.30. The minimum absolute atomic E-state index is 0.534. The Morgan fingerprint density at radius 1 is 1.39 bits per heavy atom. The minimum atomic E-state index is 0.534. The van der Waals surface area contributed by atoms with Gasteiger partial charge in [-0.05, 0) is 50.4 Å². The monoisotopic (exact) mass is 316 g/mol. The van der Waals surface area contributed by atoms with Crippen LogP contribution in [0.2, 0.25) is 0 Å². The molecule has 104 valence electrons. The molecule has 0 saturated heterocycles. The van der Waals surface area contributed by atoms with Crippen molar-refractivity contribution in [1.29, 1.82) is 0 Å². The molecule has 0 spiro atoms. The van der Waals surface area contributed by atoms with E-state index in [1.807, 2.05) is 18.7 Å². The van der Waals surface area contributed by atoms with Gasteiger partial charge in [0.2, 0.25) is 0 Å². The highest BCUT2D eigenvalue weighted by atomic mass is 79.9. The molecular formula is C13H25BrN4. The van der Waals surface area contributed by atoms with Gasteiger partial charge in [0.1, 0.15) is 0 Å². The van der Waals surface area contributed by atoms with Crippen LogP contribution in [0.4, 0.5) is 0 Å². The SMILES string of the molecule is CCN(Cc1c(Br)c(C)nn1C)C(C)CN(C)C. The molecule has 0 saturated carbocycles. The highest BCUT2D eigenvalue weighted by Crippen LogP contribution is 2.22. The molecule has 1 unspecified atom stereocenters. The molecule has 0 bridgehead atoms. The van der Waals surface area contributed by atoms with E-state index >= 15 is 0 Å². The van der Waals surface area contributed by atoms with Gasteiger partial charge in [-0.25, -0.2) is 0 Å². The van der Waals surface area contributed by atoms with Crippen LogP contribution < -0.4 is 0 Å². The van der Waals surface area contributed by atoms with E-state index in [0.717, 1.165) is 29.8 Å². The first-order valence-electron chi connectivity index (χ1n) is 6.43. The molecule has 4 nitrogen and oxygen atoms in total. The number of hydrogen-bond donors (Lipinski definition) is 0. The Hall–Kier alpha value is -0.390. The van der Waals surface area contributed by atoms with Crippen LogP contribution in [0.25, 0.3) is 0 Å². The van der Waals surface area contributed by atoms with E-state index in [0.29, 0.717) is 6.04 Å². The van der Waals surface area contributed by atoms with Crippen molar-refractivity contribution in [3.05, 3.63) is 15.9 Å². The quantitative estimate of drug-likeness (QED) is 0.804. The normalized spacial score (nSPS) is 13.6. The lowest BCUT2D eigenvalue weighted by atomic mass is 10.2. The summed E-state index contributed by atoms with van der Waals surface area (Å²) in [5.41, 5.74) is 2.31. The number of likely N-dealkylation sites (N-methyl/N-ethyl adjacent to an activating group) is 2. The van der Waals surface area contributed by atoms with E-state index in [1.54, 1.807) is 0 Å². The standard InChI is InChI=1S/C13H25BrN4/c1-7-18(10(2)8-16(4)5)9-12-13(14)11(3)15-17(12)6/h10H,7-9H2,1-6H3. The van der Waals surface area contributed by atoms with Crippen LogP contribution in [0.15, 0.2) is 4.47 Å². The highest BCUT2D eigenvalue weighted by molar-refractivity contribution is 9.10. The molecule has 0 amide bonds. The fourth-order valence-corrected chi connectivity index (χ4v) is 2.73. The second-order valence-corrected chi connectivity index (χ2v) is 5.94. The van der Waals surface area contributed by atoms with Crippen LogP contribution in [-0.4, -0.2) is 52.8 Å². The van der Waals surface area contributed by atoms with Gasteiger partial charge in [-0.3, -0.25) is 9.58 Å². The van der Waals surface area contributed by atoms with Crippen molar-refractivity contribution in [3.8, 4) is 0 Å². The van der Waals surface area contributed by atoms with Gasteiger partial charge in [-0.1, -0.05) is 6.92 Å². The van der Waals surface area contributed by atoms with Crippen LogP contribution >= 0.6 is 15.9 Å². The molecule has 1 rings (SSSR count). The zero-order valence-electron chi connectivity index (χ0n) is 12.4. The molecule has 1 atom stereocenters. The Kier molecular flexibility index (Phi) is 5.82. The average molecular weight is 317 g/mol. The van der Waals surface area contributed by atoms with Crippen molar-refractivity contribution < 1.29 is 0 Å². The Labute approximate surface area is 119 Å². The Bertz CT molecular complexity index is 387. The van der Waals surface area contributed by atoms with Gasteiger partial charge in [-0.15, -0.1) is 0 Å². The van der Waals surface area contributed by atoms with Gasteiger partial charge in [0.05, 0.1) is 15.9 Å². The lowest BCUT2D eigenvalue weighted by Crippen LogP contribution is -2.39. The maximum Gasteiger partial charge on any atom is 0.0739 e. The predicted molar refractivity (Wildman–Crippen MR) is 79.7 cm³/mol. The summed E-state index contributed by atoms with van der Waals surface area (Å²) < 4.78 is 3.12. The first-order valence-corrected chi connectivity index (χ1v) is 7.22. The molecule has 0 aliphatic rings. The molecule has 5 heteroatoms. The van der Waals surface area contributed by atoms with Crippen molar-refractivity contribution in [2.24, 2.45) is 7.05 Å². The highest BCUT2D eigenvalue weighted by Gasteiger charge is 2.18. The second-order valence-electron chi connectivity index (χ2n) is 5.14. The molecule has 0 aliphatic heterocycles. The summed E-state index contributed by atoms with van der Waals surface area (Å²) in [6, 6.07) is 0.534. The van der Waals surface area contributed by atoms with Crippen LogP contribution in [0.3, 0.4) is 0 Å². The zero-order chi connectivity index (χ0) is 13.9. The molecule has 1 aromatic heterocycles. The molecule has 0 radical (unpaired) electrons. The fraction of sp³-hybridized carbons (Fsp3) is 0.769. The Balaban J connectivity index is 2.79. The van der Waals surface area contributed by atoms with Crippen molar-refractivity contribution in [2.45, 2.75) is 33.4 Å². The number of aryl methyl sites for hydroxylation is 2. The molecule has 1 aromatic rings. The molecule has 0 N–H and O–H groups in total. The van der Waals surface area contributed by atoms with Crippen molar-refractivity contribution in [3.63, 3.8) is 0 Å². The average Bonchev–Trinajstić information content (AvgIpc) is 2.50. The molecule has 0 fully saturated rings. The molecule has 1 heterocycles. The Morgan fingerprint density at radius 3 is 2.39 bits per heavy atom. The van der Waals surface area contributed by atoms with Gasteiger partial charge < -0.3 is 4.90 Å². The van der Waals surface area contributed by atoms with Gasteiger partial charge in [-0.2, -0.15) is 5.10 Å². The maximum absolute atomic E-state index is 4.45. The summed E-state index contributed by atoms with van der Waals surface area (Å²) >= 11 is 3.64. The van der Waals surface area contributed by atoms with E-state index in [2.05, 4.69) is 58.8 Å². The Morgan fingerprint density at radius 2 is 2.00 bits per heavy atom. The number of rotatable bonds is 6. The molecule has 18 heavy (non-hydrogen) atoms. The summed E-state index contributed by atoms with van der Waals surface area (Å²) in [7, 11) is 6.25. The summed E-state index contributed by atoms with van der Waals surface area (Å²) in [5, 5.41) is 4.45. The van der Waals surface area contributed by atoms with Crippen molar-refractivity contribution in [2.75, 3.05) is 27.2 Å². The fourth-order valence-electron chi connectivity index (χ4n) is 2.27.